The highest BCUT2D eigenvalue weighted by atomic mass is 35.5. The number of nitrogens with zero attached hydrogens (tertiary/aromatic N) is 4. The molecular formula is C21H10ClF3N4O2. The molecule has 10 heteroatoms. The van der Waals surface area contributed by atoms with Crippen molar-refractivity contribution in [3.8, 4) is 5.69 Å². The van der Waals surface area contributed by atoms with Gasteiger partial charge in [-0.25, -0.2) is 27.7 Å². The van der Waals surface area contributed by atoms with Gasteiger partial charge >= 0.3 is 0 Å². The van der Waals surface area contributed by atoms with E-state index < -0.39 is 29.3 Å². The molecule has 31 heavy (non-hydrogen) atoms. The molecule has 0 radical (unpaired) electrons. The van der Waals surface area contributed by atoms with E-state index in [1.54, 1.807) is 6.92 Å². The zero-order valence-electron chi connectivity index (χ0n) is 15.7. The molecule has 154 valence electrons. The van der Waals surface area contributed by atoms with Crippen LogP contribution in [0, 0.1) is 24.4 Å². The second-order valence-electron chi connectivity index (χ2n) is 6.88. The molecule has 2 aromatic carbocycles. The number of amides is 2. The van der Waals surface area contributed by atoms with Crippen molar-refractivity contribution >= 4 is 40.1 Å². The van der Waals surface area contributed by atoms with Gasteiger partial charge in [0.2, 0.25) is 0 Å². The average molecular weight is 443 g/mol. The fourth-order valence-electron chi connectivity index (χ4n) is 3.64. The van der Waals surface area contributed by atoms with E-state index in [9.17, 15) is 22.8 Å². The van der Waals surface area contributed by atoms with Crippen molar-refractivity contribution in [2.45, 2.75) is 6.92 Å². The fraction of sp³-hybridized carbons (Fsp3) is 0.0476. The first-order chi connectivity index (χ1) is 14.8. The fourth-order valence-corrected chi connectivity index (χ4v) is 3.80. The molecular weight excluding hydrogens is 433 g/mol. The van der Waals surface area contributed by atoms with E-state index in [-0.39, 0.29) is 38.6 Å². The summed E-state index contributed by atoms with van der Waals surface area (Å²) in [6, 6.07) is 6.74. The third-order valence-electron chi connectivity index (χ3n) is 5.02. The summed E-state index contributed by atoms with van der Waals surface area (Å²) in [7, 11) is 0. The van der Waals surface area contributed by atoms with E-state index in [2.05, 4.69) is 10.1 Å². The van der Waals surface area contributed by atoms with Crippen LogP contribution in [0.2, 0.25) is 5.02 Å². The summed E-state index contributed by atoms with van der Waals surface area (Å²) in [6.07, 6.45) is 1.18. The monoisotopic (exact) mass is 442 g/mol. The summed E-state index contributed by atoms with van der Waals surface area (Å²) in [5.74, 6) is -4.42. The molecule has 1 aliphatic heterocycles. The SMILES string of the molecule is Cc1nn(-c2ccc(Cl)cc2F)c2ncc3c(c12)C(=O)N(c1ccc(F)c(F)c1)C3=O. The number of carbonyl (C=O) groups is 2. The van der Waals surface area contributed by atoms with E-state index in [1.165, 1.54) is 23.0 Å². The van der Waals surface area contributed by atoms with Crippen LogP contribution in [0.4, 0.5) is 18.9 Å². The van der Waals surface area contributed by atoms with Gasteiger partial charge < -0.3 is 0 Å². The molecule has 3 heterocycles. The molecule has 2 amide bonds. The molecule has 5 rings (SSSR count). The van der Waals surface area contributed by atoms with Gasteiger partial charge in [-0.05, 0) is 37.3 Å². The number of aromatic nitrogens is 3. The van der Waals surface area contributed by atoms with E-state index in [4.69, 9.17) is 11.6 Å². The van der Waals surface area contributed by atoms with Crippen molar-refractivity contribution < 1.29 is 22.8 Å². The summed E-state index contributed by atoms with van der Waals surface area (Å²) >= 11 is 5.81. The van der Waals surface area contributed by atoms with Crippen LogP contribution in [0.1, 0.15) is 26.4 Å². The Labute approximate surface area is 177 Å². The van der Waals surface area contributed by atoms with Gasteiger partial charge in [0, 0.05) is 17.3 Å². The Kier molecular flexibility index (Phi) is 4.13. The minimum absolute atomic E-state index is 0.0119. The molecule has 1 aliphatic rings. The molecule has 0 unspecified atom stereocenters. The number of carbonyl (C=O) groups excluding carboxylic acids is 2. The highest BCUT2D eigenvalue weighted by Gasteiger charge is 2.40. The topological polar surface area (TPSA) is 68.1 Å². The number of rotatable bonds is 2. The predicted molar refractivity (Wildman–Crippen MR) is 106 cm³/mol. The zero-order chi connectivity index (χ0) is 22.0. The van der Waals surface area contributed by atoms with Crippen LogP contribution in [0.25, 0.3) is 16.7 Å². The molecule has 4 aromatic rings. The molecule has 0 saturated carbocycles. The van der Waals surface area contributed by atoms with Crippen molar-refractivity contribution in [1.82, 2.24) is 14.8 Å². The Hall–Kier alpha value is -3.72. The van der Waals surface area contributed by atoms with Crippen LogP contribution in [-0.4, -0.2) is 26.6 Å². The lowest BCUT2D eigenvalue weighted by molar-refractivity contribution is 0.0926. The Bertz CT molecular complexity index is 1450. The standard InChI is InChI=1S/C21H10ClF3N4O2/c1-9-17-18-12(20(30)28(21(18)31)11-3-4-13(23)14(24)7-11)8-26-19(17)29(27-9)16-5-2-10(22)6-15(16)25/h2-8H,1H3. The minimum atomic E-state index is -1.19. The summed E-state index contributed by atoms with van der Waals surface area (Å²) in [5, 5.41) is 4.75. The number of halogens is 4. The Morgan fingerprint density at radius 3 is 2.42 bits per heavy atom. The van der Waals surface area contributed by atoms with Crippen LogP contribution < -0.4 is 4.90 Å². The van der Waals surface area contributed by atoms with E-state index in [0.29, 0.717) is 5.69 Å². The van der Waals surface area contributed by atoms with Crippen LogP contribution in [-0.2, 0) is 0 Å². The first kappa shape index (κ1) is 19.3. The van der Waals surface area contributed by atoms with Crippen molar-refractivity contribution in [3.63, 3.8) is 0 Å². The van der Waals surface area contributed by atoms with E-state index in [0.717, 1.165) is 29.2 Å². The van der Waals surface area contributed by atoms with Crippen molar-refractivity contribution in [2.24, 2.45) is 0 Å². The minimum Gasteiger partial charge on any atom is -0.268 e. The number of anilines is 1. The highest BCUT2D eigenvalue weighted by Crippen LogP contribution is 2.35. The van der Waals surface area contributed by atoms with Gasteiger partial charge in [0.25, 0.3) is 11.8 Å². The summed E-state index contributed by atoms with van der Waals surface area (Å²) in [6.45, 7) is 1.59. The number of hydrogen-bond donors (Lipinski definition) is 0. The van der Waals surface area contributed by atoms with Gasteiger partial charge in [0.1, 0.15) is 11.5 Å². The van der Waals surface area contributed by atoms with Gasteiger partial charge in [-0.15, -0.1) is 0 Å². The molecule has 0 bridgehead atoms. The third kappa shape index (κ3) is 2.73. The number of fused-ring (bicyclic) bond motifs is 3. The summed E-state index contributed by atoms with van der Waals surface area (Å²) < 4.78 is 42.7. The van der Waals surface area contributed by atoms with Gasteiger partial charge in [0.05, 0.1) is 27.9 Å². The first-order valence-corrected chi connectivity index (χ1v) is 9.33. The maximum absolute atomic E-state index is 14.5. The number of imide groups is 1. The van der Waals surface area contributed by atoms with Crippen molar-refractivity contribution in [3.05, 3.63) is 81.9 Å². The Morgan fingerprint density at radius 1 is 0.935 bits per heavy atom. The highest BCUT2D eigenvalue weighted by molar-refractivity contribution is 6.37. The second kappa shape index (κ2) is 6.64. The second-order valence-corrected chi connectivity index (χ2v) is 7.32. The van der Waals surface area contributed by atoms with Gasteiger partial charge in [-0.3, -0.25) is 9.59 Å². The summed E-state index contributed by atoms with van der Waals surface area (Å²) in [5.41, 5.74) is 0.434. The van der Waals surface area contributed by atoms with Crippen LogP contribution in [0.15, 0.2) is 42.6 Å². The molecule has 0 fully saturated rings. The quantitative estimate of drug-likeness (QED) is 0.425. The first-order valence-electron chi connectivity index (χ1n) is 8.95. The van der Waals surface area contributed by atoms with Gasteiger partial charge in [-0.2, -0.15) is 5.10 Å². The molecule has 0 aliphatic carbocycles. The van der Waals surface area contributed by atoms with E-state index >= 15 is 0 Å². The van der Waals surface area contributed by atoms with Gasteiger partial charge in [0.15, 0.2) is 17.3 Å². The normalized spacial score (nSPS) is 13.4. The molecule has 0 spiro atoms. The largest absolute Gasteiger partial charge is 0.268 e. The summed E-state index contributed by atoms with van der Waals surface area (Å²) in [4.78, 5) is 31.0. The van der Waals surface area contributed by atoms with Crippen LogP contribution >= 0.6 is 11.6 Å². The Morgan fingerprint density at radius 2 is 1.71 bits per heavy atom. The van der Waals surface area contributed by atoms with Crippen molar-refractivity contribution in [1.29, 1.82) is 0 Å². The molecule has 0 atom stereocenters. The predicted octanol–water partition coefficient (Wildman–Crippen LogP) is 4.60. The third-order valence-corrected chi connectivity index (χ3v) is 5.26. The smallest absolute Gasteiger partial charge is 0.267 e. The lowest BCUT2D eigenvalue weighted by Gasteiger charge is -2.13. The average Bonchev–Trinajstić information content (AvgIpc) is 3.18. The number of benzene rings is 2. The van der Waals surface area contributed by atoms with Crippen LogP contribution in [0.5, 0.6) is 0 Å². The lowest BCUT2D eigenvalue weighted by atomic mass is 10.1. The maximum Gasteiger partial charge on any atom is 0.267 e. The van der Waals surface area contributed by atoms with Crippen molar-refractivity contribution in [2.75, 3.05) is 4.90 Å². The Balaban J connectivity index is 1.71. The molecule has 6 nitrogen and oxygen atoms in total. The molecule has 0 saturated heterocycles. The van der Waals surface area contributed by atoms with Crippen LogP contribution in [0.3, 0.4) is 0 Å². The molecule has 0 N–H and O–H groups in total. The van der Waals surface area contributed by atoms with Gasteiger partial charge in [-0.1, -0.05) is 11.6 Å². The number of hydrogen-bond acceptors (Lipinski definition) is 4. The van der Waals surface area contributed by atoms with E-state index in [1.807, 2.05) is 0 Å². The molecule has 2 aromatic heterocycles. The number of pyridine rings is 1. The lowest BCUT2D eigenvalue weighted by Crippen LogP contribution is -2.29. The number of aryl methyl sites for hydroxylation is 1. The zero-order valence-corrected chi connectivity index (χ0v) is 16.4. The maximum atomic E-state index is 14.5.